The largest absolute Gasteiger partial charge is 0.356 e. The van der Waals surface area contributed by atoms with E-state index in [1.165, 1.54) is 0 Å². The molecule has 0 aliphatic carbocycles. The highest BCUT2D eigenvalue weighted by atomic mass is 32.2. The van der Waals surface area contributed by atoms with E-state index in [0.717, 1.165) is 11.1 Å². The van der Waals surface area contributed by atoms with Crippen molar-refractivity contribution in [3.05, 3.63) is 71.8 Å². The molecule has 30 heavy (non-hydrogen) atoms. The number of nitrogens with zero attached hydrogens (tertiary/aromatic N) is 2. The van der Waals surface area contributed by atoms with Crippen LogP contribution >= 0.6 is 23.5 Å². The molecule has 2 unspecified atom stereocenters. The monoisotopic (exact) mass is 444 g/mol. The number of hydrogen-bond donors (Lipinski definition) is 0. The van der Waals surface area contributed by atoms with E-state index in [0.29, 0.717) is 39.4 Å². The molecule has 2 saturated heterocycles. The molecular formula is C23H28N2O3S2. The molecule has 2 atom stereocenters. The molecule has 2 aromatic carbocycles. The van der Waals surface area contributed by atoms with E-state index in [9.17, 15) is 4.79 Å². The normalized spacial score (nSPS) is 27.1. The molecular weight excluding hydrogens is 416 g/mol. The molecule has 2 fully saturated rings. The van der Waals surface area contributed by atoms with Gasteiger partial charge in [0.25, 0.3) is 0 Å². The third-order valence-electron chi connectivity index (χ3n) is 5.82. The summed E-state index contributed by atoms with van der Waals surface area (Å²) in [5.41, 5.74) is 2.19. The van der Waals surface area contributed by atoms with E-state index < -0.39 is 9.87 Å². The maximum atomic E-state index is 13.5. The standard InChI is InChI=1S/C23H28N2O3S2/c1-29-22(19-9-5-3-6-10-19)17-24(13-15-27-22)21(26)25-14-16-28-23(18-25,30-2)20-11-7-4-8-12-20/h3-12H,13-18H2,1-2H3. The fourth-order valence-corrected chi connectivity index (χ4v) is 5.85. The Balaban J connectivity index is 1.54. The summed E-state index contributed by atoms with van der Waals surface area (Å²) >= 11 is 3.30. The Morgan fingerprint density at radius 2 is 1.17 bits per heavy atom. The number of carbonyl (C=O) groups is 1. The summed E-state index contributed by atoms with van der Waals surface area (Å²) in [6.07, 6.45) is 4.09. The van der Waals surface area contributed by atoms with Gasteiger partial charge in [-0.1, -0.05) is 60.7 Å². The van der Waals surface area contributed by atoms with Crippen LogP contribution in [0.15, 0.2) is 60.7 Å². The summed E-state index contributed by atoms with van der Waals surface area (Å²) < 4.78 is 12.4. The van der Waals surface area contributed by atoms with Gasteiger partial charge in [0.15, 0.2) is 9.87 Å². The number of thioether (sulfide) groups is 2. The van der Waals surface area contributed by atoms with E-state index in [1.807, 2.05) is 58.7 Å². The molecule has 0 aromatic heterocycles. The minimum Gasteiger partial charge on any atom is -0.356 e. The molecule has 4 rings (SSSR count). The second kappa shape index (κ2) is 9.22. The number of carbonyl (C=O) groups excluding carboxylic acids is 1. The maximum Gasteiger partial charge on any atom is 0.320 e. The zero-order valence-corrected chi connectivity index (χ0v) is 19.1. The average Bonchev–Trinajstić information content (AvgIpc) is 2.84. The Kier molecular flexibility index (Phi) is 6.63. The van der Waals surface area contributed by atoms with Crippen molar-refractivity contribution in [2.24, 2.45) is 0 Å². The van der Waals surface area contributed by atoms with Gasteiger partial charge < -0.3 is 19.3 Å². The zero-order valence-electron chi connectivity index (χ0n) is 17.5. The van der Waals surface area contributed by atoms with Crippen molar-refractivity contribution in [1.29, 1.82) is 0 Å². The summed E-state index contributed by atoms with van der Waals surface area (Å²) in [5.74, 6) is 0. The molecule has 160 valence electrons. The number of urea groups is 1. The molecule has 2 amide bonds. The molecule has 7 heteroatoms. The minimum absolute atomic E-state index is 0.0605. The van der Waals surface area contributed by atoms with Gasteiger partial charge >= 0.3 is 6.03 Å². The molecule has 0 saturated carbocycles. The predicted octanol–water partition coefficient (Wildman–Crippen LogP) is 4.20. The van der Waals surface area contributed by atoms with E-state index >= 15 is 0 Å². The van der Waals surface area contributed by atoms with Crippen molar-refractivity contribution >= 4 is 29.6 Å². The molecule has 0 radical (unpaired) electrons. The van der Waals surface area contributed by atoms with Gasteiger partial charge in [-0.05, 0) is 23.6 Å². The molecule has 5 nitrogen and oxygen atoms in total. The Hall–Kier alpha value is -1.67. The molecule has 0 spiro atoms. The van der Waals surface area contributed by atoms with Crippen LogP contribution in [0.1, 0.15) is 11.1 Å². The number of rotatable bonds is 4. The van der Waals surface area contributed by atoms with E-state index in [1.54, 1.807) is 23.5 Å². The highest BCUT2D eigenvalue weighted by molar-refractivity contribution is 7.99. The van der Waals surface area contributed by atoms with Gasteiger partial charge in [-0.3, -0.25) is 0 Å². The molecule has 2 aliphatic heterocycles. The highest BCUT2D eigenvalue weighted by Gasteiger charge is 2.44. The Labute approximate surface area is 187 Å². The Bertz CT molecular complexity index is 785. The SMILES string of the molecule is CSC1(c2ccccc2)CN(C(=O)N2CCOC(SC)(c3ccccc3)C2)CCO1. The lowest BCUT2D eigenvalue weighted by Crippen LogP contribution is -2.58. The molecule has 2 aromatic rings. The van der Waals surface area contributed by atoms with Crippen molar-refractivity contribution in [2.45, 2.75) is 9.87 Å². The second-order valence-corrected chi connectivity index (χ2v) is 9.60. The van der Waals surface area contributed by atoms with E-state index in [4.69, 9.17) is 9.47 Å². The van der Waals surface area contributed by atoms with Crippen LogP contribution in [0.4, 0.5) is 4.79 Å². The fraction of sp³-hybridized carbons (Fsp3) is 0.435. The predicted molar refractivity (Wildman–Crippen MR) is 124 cm³/mol. The van der Waals surface area contributed by atoms with Gasteiger partial charge in [-0.25, -0.2) is 4.79 Å². The summed E-state index contributed by atoms with van der Waals surface area (Å²) in [6, 6.07) is 20.5. The van der Waals surface area contributed by atoms with Crippen molar-refractivity contribution in [2.75, 3.05) is 51.9 Å². The average molecular weight is 445 g/mol. The van der Waals surface area contributed by atoms with E-state index in [2.05, 4.69) is 24.3 Å². The summed E-state index contributed by atoms with van der Waals surface area (Å²) in [4.78, 5) is 16.4. The van der Waals surface area contributed by atoms with Crippen molar-refractivity contribution in [3.8, 4) is 0 Å². The maximum absolute atomic E-state index is 13.5. The van der Waals surface area contributed by atoms with Crippen LogP contribution in [0.25, 0.3) is 0 Å². The summed E-state index contributed by atoms with van der Waals surface area (Å²) in [5, 5.41) is 0. The lowest BCUT2D eigenvalue weighted by Gasteiger charge is -2.46. The smallest absolute Gasteiger partial charge is 0.320 e. The first kappa shape index (κ1) is 21.6. The quantitative estimate of drug-likeness (QED) is 0.707. The number of ether oxygens (including phenoxy) is 2. The van der Waals surface area contributed by atoms with Crippen LogP contribution in [-0.2, 0) is 19.3 Å². The first-order chi connectivity index (χ1) is 14.6. The third-order valence-corrected chi connectivity index (χ3v) is 8.10. The van der Waals surface area contributed by atoms with Crippen LogP contribution in [0.2, 0.25) is 0 Å². The van der Waals surface area contributed by atoms with Crippen LogP contribution in [0, 0.1) is 0 Å². The van der Waals surface area contributed by atoms with Crippen LogP contribution in [0.3, 0.4) is 0 Å². The van der Waals surface area contributed by atoms with Crippen molar-refractivity contribution in [3.63, 3.8) is 0 Å². The van der Waals surface area contributed by atoms with Crippen molar-refractivity contribution < 1.29 is 14.3 Å². The first-order valence-corrected chi connectivity index (χ1v) is 12.6. The van der Waals surface area contributed by atoms with Crippen molar-refractivity contribution in [1.82, 2.24) is 9.80 Å². The van der Waals surface area contributed by atoms with Crippen LogP contribution in [0.5, 0.6) is 0 Å². The van der Waals surface area contributed by atoms with Crippen LogP contribution < -0.4 is 0 Å². The van der Waals surface area contributed by atoms with Gasteiger partial charge in [-0.15, -0.1) is 23.5 Å². The highest BCUT2D eigenvalue weighted by Crippen LogP contribution is 2.41. The lowest BCUT2D eigenvalue weighted by molar-refractivity contribution is -0.0646. The minimum atomic E-state index is -0.530. The number of hydrogen-bond acceptors (Lipinski definition) is 5. The zero-order chi connectivity index (χ0) is 21.0. The topological polar surface area (TPSA) is 42.0 Å². The van der Waals surface area contributed by atoms with Gasteiger partial charge in [0.05, 0.1) is 26.3 Å². The Morgan fingerprint density at radius 3 is 1.53 bits per heavy atom. The number of amides is 2. The van der Waals surface area contributed by atoms with Gasteiger partial charge in [-0.2, -0.15) is 0 Å². The summed E-state index contributed by atoms with van der Waals surface area (Å²) in [7, 11) is 0. The van der Waals surface area contributed by atoms with Gasteiger partial charge in [0.1, 0.15) is 0 Å². The lowest BCUT2D eigenvalue weighted by atomic mass is 10.1. The Morgan fingerprint density at radius 1 is 0.767 bits per heavy atom. The van der Waals surface area contributed by atoms with Crippen LogP contribution in [-0.4, -0.2) is 67.7 Å². The van der Waals surface area contributed by atoms with Gasteiger partial charge in [0, 0.05) is 13.1 Å². The van der Waals surface area contributed by atoms with E-state index in [-0.39, 0.29) is 6.03 Å². The number of benzene rings is 2. The molecule has 0 bridgehead atoms. The molecule has 2 heterocycles. The van der Waals surface area contributed by atoms with Gasteiger partial charge in [0.2, 0.25) is 0 Å². The second-order valence-electron chi connectivity index (χ2n) is 7.47. The summed E-state index contributed by atoms with van der Waals surface area (Å²) in [6.45, 7) is 3.32. The molecule has 0 N–H and O–H groups in total. The number of morpholine rings is 2. The first-order valence-electron chi connectivity index (χ1n) is 10.2. The fourth-order valence-electron chi connectivity index (χ4n) is 4.14. The third kappa shape index (κ3) is 4.08. The molecule has 2 aliphatic rings.